The summed E-state index contributed by atoms with van der Waals surface area (Å²) < 4.78 is 0. The lowest BCUT2D eigenvalue weighted by Crippen LogP contribution is -2.45. The minimum Gasteiger partial charge on any atom is -0.371 e. The molecule has 1 saturated heterocycles. The van der Waals surface area contributed by atoms with Crippen LogP contribution in [-0.2, 0) is 0 Å². The van der Waals surface area contributed by atoms with E-state index in [0.29, 0.717) is 12.0 Å². The first-order valence-electron chi connectivity index (χ1n) is 9.12. The summed E-state index contributed by atoms with van der Waals surface area (Å²) >= 11 is 0. The van der Waals surface area contributed by atoms with Gasteiger partial charge in [-0.15, -0.1) is 0 Å². The zero-order chi connectivity index (χ0) is 15.9. The third kappa shape index (κ3) is 4.63. The molecule has 0 aromatic heterocycles. The number of hydrogen-bond acceptors (Lipinski definition) is 2. The van der Waals surface area contributed by atoms with Crippen molar-refractivity contribution in [3.8, 4) is 0 Å². The third-order valence-corrected chi connectivity index (χ3v) is 5.13. The van der Waals surface area contributed by atoms with Crippen molar-refractivity contribution in [2.75, 3.05) is 31.6 Å². The first kappa shape index (κ1) is 16.2. The van der Waals surface area contributed by atoms with E-state index in [1.54, 1.807) is 0 Å². The SMILES string of the molecule is CN=C(NCC1CCN(c2ccccc2)C1)NC1CCCCC1. The predicted molar refractivity (Wildman–Crippen MR) is 98.1 cm³/mol. The van der Waals surface area contributed by atoms with Gasteiger partial charge in [0.25, 0.3) is 0 Å². The van der Waals surface area contributed by atoms with Crippen LogP contribution >= 0.6 is 0 Å². The van der Waals surface area contributed by atoms with Crippen molar-refractivity contribution in [3.05, 3.63) is 30.3 Å². The Labute approximate surface area is 140 Å². The van der Waals surface area contributed by atoms with E-state index in [1.165, 1.54) is 44.2 Å². The lowest BCUT2D eigenvalue weighted by atomic mass is 9.96. The van der Waals surface area contributed by atoms with E-state index in [-0.39, 0.29) is 0 Å². The molecule has 1 aliphatic heterocycles. The molecule has 1 aliphatic carbocycles. The lowest BCUT2D eigenvalue weighted by Gasteiger charge is -2.25. The van der Waals surface area contributed by atoms with Crippen LogP contribution in [0.25, 0.3) is 0 Å². The molecule has 0 bridgehead atoms. The fourth-order valence-electron chi connectivity index (χ4n) is 3.75. The van der Waals surface area contributed by atoms with Crippen LogP contribution < -0.4 is 15.5 Å². The van der Waals surface area contributed by atoms with E-state index in [4.69, 9.17) is 0 Å². The second-order valence-electron chi connectivity index (χ2n) is 6.87. The zero-order valence-corrected chi connectivity index (χ0v) is 14.3. The molecule has 1 unspecified atom stereocenters. The van der Waals surface area contributed by atoms with Crippen LogP contribution in [0.15, 0.2) is 35.3 Å². The van der Waals surface area contributed by atoms with Gasteiger partial charge in [0.2, 0.25) is 0 Å². The number of aliphatic imine (C=N–C) groups is 1. The summed E-state index contributed by atoms with van der Waals surface area (Å²) in [5.41, 5.74) is 1.35. The molecule has 1 heterocycles. The summed E-state index contributed by atoms with van der Waals surface area (Å²) in [5.74, 6) is 1.68. The quantitative estimate of drug-likeness (QED) is 0.663. The first-order chi connectivity index (χ1) is 11.3. The molecule has 1 aromatic carbocycles. The zero-order valence-electron chi connectivity index (χ0n) is 14.3. The lowest BCUT2D eigenvalue weighted by molar-refractivity contribution is 0.408. The normalized spacial score (nSPS) is 23.1. The van der Waals surface area contributed by atoms with Crippen molar-refractivity contribution in [3.63, 3.8) is 0 Å². The Kier molecular flexibility index (Phi) is 5.78. The molecule has 4 heteroatoms. The highest BCUT2D eigenvalue weighted by molar-refractivity contribution is 5.80. The average molecular weight is 314 g/mol. The molecule has 126 valence electrons. The van der Waals surface area contributed by atoms with Gasteiger partial charge in [0.15, 0.2) is 5.96 Å². The summed E-state index contributed by atoms with van der Waals surface area (Å²) in [5, 5.41) is 7.14. The number of nitrogens with zero attached hydrogens (tertiary/aromatic N) is 2. The molecule has 3 rings (SSSR count). The van der Waals surface area contributed by atoms with Gasteiger partial charge in [-0.1, -0.05) is 37.5 Å². The van der Waals surface area contributed by atoms with Gasteiger partial charge in [-0.25, -0.2) is 0 Å². The number of benzene rings is 1. The van der Waals surface area contributed by atoms with Crippen LogP contribution in [0.3, 0.4) is 0 Å². The van der Waals surface area contributed by atoms with Gasteiger partial charge >= 0.3 is 0 Å². The molecule has 4 nitrogen and oxygen atoms in total. The van der Waals surface area contributed by atoms with Crippen LogP contribution in [0.5, 0.6) is 0 Å². The van der Waals surface area contributed by atoms with Crippen molar-refractivity contribution >= 4 is 11.6 Å². The number of hydrogen-bond donors (Lipinski definition) is 2. The third-order valence-electron chi connectivity index (χ3n) is 5.13. The Morgan fingerprint density at radius 3 is 2.65 bits per heavy atom. The van der Waals surface area contributed by atoms with Gasteiger partial charge < -0.3 is 15.5 Å². The van der Waals surface area contributed by atoms with Crippen molar-refractivity contribution < 1.29 is 0 Å². The fraction of sp³-hybridized carbons (Fsp3) is 0.632. The largest absolute Gasteiger partial charge is 0.371 e. The molecule has 1 atom stereocenters. The molecule has 1 saturated carbocycles. The summed E-state index contributed by atoms with van der Waals surface area (Å²) in [6.45, 7) is 3.30. The number of para-hydroxylation sites is 1. The number of rotatable bonds is 4. The summed E-state index contributed by atoms with van der Waals surface area (Å²) in [4.78, 5) is 6.89. The summed E-state index contributed by atoms with van der Waals surface area (Å²) in [6, 6.07) is 11.4. The fourth-order valence-corrected chi connectivity index (χ4v) is 3.75. The Morgan fingerprint density at radius 2 is 1.91 bits per heavy atom. The van der Waals surface area contributed by atoms with Gasteiger partial charge in [-0.3, -0.25) is 4.99 Å². The molecule has 2 fully saturated rings. The number of guanidine groups is 1. The van der Waals surface area contributed by atoms with Crippen molar-refractivity contribution in [1.82, 2.24) is 10.6 Å². The Hall–Kier alpha value is -1.71. The number of anilines is 1. The maximum atomic E-state index is 4.40. The molecule has 0 amide bonds. The van der Waals surface area contributed by atoms with Gasteiger partial charge in [-0.2, -0.15) is 0 Å². The van der Waals surface area contributed by atoms with E-state index in [2.05, 4.69) is 50.9 Å². The Morgan fingerprint density at radius 1 is 1.13 bits per heavy atom. The Balaban J connectivity index is 1.43. The summed E-state index contributed by atoms with van der Waals surface area (Å²) in [6.07, 6.45) is 7.91. The number of nitrogens with one attached hydrogen (secondary N) is 2. The standard InChI is InChI=1S/C19H30N4/c1-20-19(22-17-8-4-2-5-9-17)21-14-16-12-13-23(15-16)18-10-6-3-7-11-18/h3,6-7,10-11,16-17H,2,4-5,8-9,12-15H2,1H3,(H2,20,21,22). The van der Waals surface area contributed by atoms with Gasteiger partial charge in [0.1, 0.15) is 0 Å². The predicted octanol–water partition coefficient (Wildman–Crippen LogP) is 3.01. The van der Waals surface area contributed by atoms with E-state index in [9.17, 15) is 0 Å². The van der Waals surface area contributed by atoms with Gasteiger partial charge in [0, 0.05) is 38.4 Å². The highest BCUT2D eigenvalue weighted by Gasteiger charge is 2.23. The van der Waals surface area contributed by atoms with Crippen LogP contribution in [0.1, 0.15) is 38.5 Å². The van der Waals surface area contributed by atoms with Crippen molar-refractivity contribution in [2.45, 2.75) is 44.6 Å². The maximum Gasteiger partial charge on any atom is 0.191 e. The maximum absolute atomic E-state index is 4.40. The van der Waals surface area contributed by atoms with E-state index in [1.807, 2.05) is 7.05 Å². The average Bonchev–Trinajstić information content (AvgIpc) is 3.09. The van der Waals surface area contributed by atoms with E-state index >= 15 is 0 Å². The van der Waals surface area contributed by atoms with Crippen molar-refractivity contribution in [1.29, 1.82) is 0 Å². The molecule has 0 radical (unpaired) electrons. The topological polar surface area (TPSA) is 39.7 Å². The Bertz CT molecular complexity index is 493. The van der Waals surface area contributed by atoms with Crippen LogP contribution in [0.2, 0.25) is 0 Å². The van der Waals surface area contributed by atoms with E-state index < -0.39 is 0 Å². The minimum atomic E-state index is 0.611. The van der Waals surface area contributed by atoms with Crippen molar-refractivity contribution in [2.24, 2.45) is 10.9 Å². The summed E-state index contributed by atoms with van der Waals surface area (Å²) in [7, 11) is 1.88. The van der Waals surface area contributed by atoms with Crippen LogP contribution in [-0.4, -0.2) is 38.7 Å². The highest BCUT2D eigenvalue weighted by atomic mass is 15.2. The van der Waals surface area contributed by atoms with E-state index in [0.717, 1.165) is 25.6 Å². The molecule has 2 N–H and O–H groups in total. The smallest absolute Gasteiger partial charge is 0.191 e. The molecular formula is C19H30N4. The van der Waals surface area contributed by atoms with Gasteiger partial charge in [0.05, 0.1) is 0 Å². The highest BCUT2D eigenvalue weighted by Crippen LogP contribution is 2.23. The molecule has 23 heavy (non-hydrogen) atoms. The molecule has 1 aromatic rings. The monoisotopic (exact) mass is 314 g/mol. The molecular weight excluding hydrogens is 284 g/mol. The second kappa shape index (κ2) is 8.23. The molecule has 2 aliphatic rings. The van der Waals surface area contributed by atoms with Crippen LogP contribution in [0.4, 0.5) is 5.69 Å². The minimum absolute atomic E-state index is 0.611. The first-order valence-corrected chi connectivity index (χ1v) is 9.12. The van der Waals surface area contributed by atoms with Gasteiger partial charge in [-0.05, 0) is 37.3 Å². The molecule has 0 spiro atoms. The second-order valence-corrected chi connectivity index (χ2v) is 6.87. The van der Waals surface area contributed by atoms with Crippen LogP contribution in [0, 0.1) is 5.92 Å².